The van der Waals surface area contributed by atoms with E-state index in [1.54, 1.807) is 7.05 Å². The molecule has 2 heterocycles. The molecule has 1 N–H and O–H groups in total. The third-order valence-electron chi connectivity index (χ3n) is 7.29. The van der Waals surface area contributed by atoms with Gasteiger partial charge in [0.15, 0.2) is 0 Å². The van der Waals surface area contributed by atoms with Gasteiger partial charge in [0.25, 0.3) is 11.8 Å². The van der Waals surface area contributed by atoms with E-state index in [1.165, 1.54) is 32.1 Å². The summed E-state index contributed by atoms with van der Waals surface area (Å²) in [6.07, 6.45) is 0. The van der Waals surface area contributed by atoms with Crippen LogP contribution in [-0.2, 0) is 0 Å². The molecule has 5 aromatic rings. The van der Waals surface area contributed by atoms with Gasteiger partial charge < -0.3 is 10.2 Å². The Kier molecular flexibility index (Phi) is 3.46. The largest absolute Gasteiger partial charge is 0.368 e. The van der Waals surface area contributed by atoms with E-state index in [0.717, 1.165) is 47.7 Å². The maximum Gasteiger partial charge on any atom is 0.261 e. The molecular formula is C27H21N3O2. The van der Waals surface area contributed by atoms with Crippen molar-refractivity contribution in [3.8, 4) is 0 Å². The van der Waals surface area contributed by atoms with E-state index in [4.69, 9.17) is 0 Å². The van der Waals surface area contributed by atoms with Crippen LogP contribution in [0.2, 0.25) is 0 Å². The standard InChI is InChI=1S/C27H21N3O2/c1-29-26(31)20-7-5-17-15-3-2-4-19-22(30-13-11-28-12-14-30)10-9-16(23(15)19)18-6-8-21(27(29)32)25(20)24(17)18/h2-10,28H,11-14H2,1H3. The fourth-order valence-corrected chi connectivity index (χ4v) is 5.78. The number of nitrogens with zero attached hydrogens (tertiary/aromatic N) is 2. The fourth-order valence-electron chi connectivity index (χ4n) is 5.78. The molecule has 0 aromatic heterocycles. The lowest BCUT2D eigenvalue weighted by Gasteiger charge is -2.31. The Balaban J connectivity index is 1.65. The molecule has 156 valence electrons. The van der Waals surface area contributed by atoms with Gasteiger partial charge in [-0.05, 0) is 50.5 Å². The lowest BCUT2D eigenvalue weighted by molar-refractivity contribution is 0.0651. The predicted octanol–water partition coefficient (Wildman–Crippen LogP) is 4.37. The number of amides is 2. The second-order valence-corrected chi connectivity index (χ2v) is 8.84. The first-order valence-electron chi connectivity index (χ1n) is 11.1. The SMILES string of the molecule is CN1C(=O)c2ccc3c4cccc5c(N6CCNCC6)ccc(c6ccc(c2c36)C1=O)c54. The van der Waals surface area contributed by atoms with E-state index in [1.807, 2.05) is 12.1 Å². The van der Waals surface area contributed by atoms with Crippen LogP contribution in [0.1, 0.15) is 20.7 Å². The minimum Gasteiger partial charge on any atom is -0.368 e. The molecule has 0 spiro atoms. The lowest BCUT2D eigenvalue weighted by Crippen LogP contribution is -2.43. The molecule has 5 aromatic carbocycles. The molecule has 5 heteroatoms. The molecule has 1 fully saturated rings. The Hall–Kier alpha value is -3.70. The molecule has 0 bridgehead atoms. The summed E-state index contributed by atoms with van der Waals surface area (Å²) in [7, 11) is 1.56. The van der Waals surface area contributed by atoms with Gasteiger partial charge in [-0.25, -0.2) is 0 Å². The van der Waals surface area contributed by atoms with Crippen molar-refractivity contribution in [2.24, 2.45) is 0 Å². The van der Waals surface area contributed by atoms with E-state index in [2.05, 4.69) is 52.7 Å². The van der Waals surface area contributed by atoms with E-state index in [0.29, 0.717) is 11.1 Å². The van der Waals surface area contributed by atoms with Crippen molar-refractivity contribution in [2.75, 3.05) is 38.1 Å². The summed E-state index contributed by atoms with van der Waals surface area (Å²) in [6, 6.07) is 18.8. The number of rotatable bonds is 1. The third-order valence-corrected chi connectivity index (χ3v) is 7.29. The van der Waals surface area contributed by atoms with E-state index in [9.17, 15) is 9.59 Å². The van der Waals surface area contributed by atoms with Crippen LogP contribution in [0.4, 0.5) is 5.69 Å². The molecule has 1 saturated heterocycles. The van der Waals surface area contributed by atoms with Crippen molar-refractivity contribution in [2.45, 2.75) is 0 Å². The number of benzene rings is 5. The highest BCUT2D eigenvalue weighted by molar-refractivity contribution is 6.38. The molecule has 2 aliphatic heterocycles. The maximum atomic E-state index is 12.9. The summed E-state index contributed by atoms with van der Waals surface area (Å²) in [5.74, 6) is -0.464. The number of anilines is 1. The normalized spacial score (nSPS) is 16.9. The van der Waals surface area contributed by atoms with Gasteiger partial charge in [-0.2, -0.15) is 0 Å². The summed E-state index contributed by atoms with van der Waals surface area (Å²) in [5, 5.41) is 12.3. The molecule has 0 radical (unpaired) electrons. The van der Waals surface area contributed by atoms with E-state index < -0.39 is 0 Å². The monoisotopic (exact) mass is 419 g/mol. The molecule has 2 amide bonds. The summed E-state index contributed by atoms with van der Waals surface area (Å²) >= 11 is 0. The Bertz CT molecular complexity index is 1540. The van der Waals surface area contributed by atoms with E-state index >= 15 is 0 Å². The van der Waals surface area contributed by atoms with Gasteiger partial charge in [0.2, 0.25) is 0 Å². The van der Waals surface area contributed by atoms with E-state index in [-0.39, 0.29) is 11.8 Å². The molecule has 32 heavy (non-hydrogen) atoms. The van der Waals surface area contributed by atoms with Gasteiger partial charge in [-0.3, -0.25) is 14.5 Å². The second-order valence-electron chi connectivity index (χ2n) is 8.84. The van der Waals surface area contributed by atoms with Gasteiger partial charge in [0.05, 0.1) is 0 Å². The maximum absolute atomic E-state index is 12.9. The van der Waals surface area contributed by atoms with Crippen LogP contribution in [0.3, 0.4) is 0 Å². The number of hydrogen-bond acceptors (Lipinski definition) is 4. The van der Waals surface area contributed by atoms with Gasteiger partial charge in [-0.15, -0.1) is 0 Å². The van der Waals surface area contributed by atoms with Gasteiger partial charge in [-0.1, -0.05) is 36.4 Å². The van der Waals surface area contributed by atoms with Gasteiger partial charge in [0.1, 0.15) is 0 Å². The Morgan fingerprint density at radius 3 is 1.91 bits per heavy atom. The number of imide groups is 1. The van der Waals surface area contributed by atoms with Crippen molar-refractivity contribution in [1.82, 2.24) is 10.2 Å². The van der Waals surface area contributed by atoms with Crippen LogP contribution in [0.15, 0.2) is 54.6 Å². The van der Waals surface area contributed by atoms with Crippen molar-refractivity contribution >= 4 is 60.6 Å². The first-order valence-corrected chi connectivity index (χ1v) is 11.1. The molecule has 7 rings (SSSR count). The number of piperazine rings is 1. The Morgan fingerprint density at radius 2 is 1.22 bits per heavy atom. The molecule has 5 nitrogen and oxygen atoms in total. The first kappa shape index (κ1) is 17.9. The number of carbonyl (C=O) groups excluding carboxylic acids is 2. The summed E-state index contributed by atoms with van der Waals surface area (Å²) in [5.41, 5.74) is 2.49. The Labute approximate surface area is 184 Å². The Morgan fingerprint density at radius 1 is 0.656 bits per heavy atom. The zero-order valence-electron chi connectivity index (χ0n) is 17.7. The van der Waals surface area contributed by atoms with Crippen LogP contribution in [0, 0.1) is 0 Å². The van der Waals surface area contributed by atoms with Gasteiger partial charge in [0, 0.05) is 60.8 Å². The molecular weight excluding hydrogens is 398 g/mol. The summed E-state index contributed by atoms with van der Waals surface area (Å²) < 4.78 is 0. The third kappa shape index (κ3) is 2.11. The second kappa shape index (κ2) is 6.17. The number of hydrogen-bond donors (Lipinski definition) is 1. The minimum absolute atomic E-state index is 0.232. The highest BCUT2D eigenvalue weighted by atomic mass is 16.2. The minimum atomic E-state index is -0.232. The molecule has 2 aliphatic rings. The zero-order valence-corrected chi connectivity index (χ0v) is 17.7. The molecule has 0 saturated carbocycles. The average Bonchev–Trinajstić information content (AvgIpc) is 2.85. The quantitative estimate of drug-likeness (QED) is 0.249. The van der Waals surface area contributed by atoms with Crippen LogP contribution >= 0.6 is 0 Å². The van der Waals surface area contributed by atoms with Crippen molar-refractivity contribution < 1.29 is 9.59 Å². The highest BCUT2D eigenvalue weighted by Crippen LogP contribution is 2.45. The smallest absolute Gasteiger partial charge is 0.261 e. The van der Waals surface area contributed by atoms with Crippen molar-refractivity contribution in [3.63, 3.8) is 0 Å². The lowest BCUT2D eigenvalue weighted by atomic mass is 9.84. The molecule has 0 atom stereocenters. The van der Waals surface area contributed by atoms with Crippen molar-refractivity contribution in [1.29, 1.82) is 0 Å². The zero-order chi connectivity index (χ0) is 21.6. The van der Waals surface area contributed by atoms with Gasteiger partial charge >= 0.3 is 0 Å². The predicted molar refractivity (Wildman–Crippen MR) is 129 cm³/mol. The molecule has 0 aliphatic carbocycles. The first-order chi connectivity index (χ1) is 15.6. The van der Waals surface area contributed by atoms with Crippen LogP contribution in [0.25, 0.3) is 43.1 Å². The van der Waals surface area contributed by atoms with Crippen LogP contribution in [-0.4, -0.2) is 49.9 Å². The van der Waals surface area contributed by atoms with Crippen molar-refractivity contribution in [3.05, 3.63) is 65.7 Å². The summed E-state index contributed by atoms with van der Waals surface area (Å²) in [6.45, 7) is 3.98. The average molecular weight is 419 g/mol. The molecule has 0 unspecified atom stereocenters. The topological polar surface area (TPSA) is 52.7 Å². The summed E-state index contributed by atoms with van der Waals surface area (Å²) in [4.78, 5) is 29.5. The highest BCUT2D eigenvalue weighted by Gasteiger charge is 2.31. The fraction of sp³-hybridized carbons (Fsp3) is 0.185. The van der Waals surface area contributed by atoms with Crippen LogP contribution < -0.4 is 10.2 Å². The number of nitrogens with one attached hydrogen (secondary N) is 1. The number of carbonyl (C=O) groups is 2. The number of fused-ring (bicyclic) bond motifs is 2. The van der Waals surface area contributed by atoms with Crippen LogP contribution in [0.5, 0.6) is 0 Å².